The van der Waals surface area contributed by atoms with Crippen molar-refractivity contribution in [3.63, 3.8) is 0 Å². The first-order chi connectivity index (χ1) is 1.73. The van der Waals surface area contributed by atoms with Crippen LogP contribution in [0.25, 0.3) is 0 Å². The second-order valence-corrected chi connectivity index (χ2v) is 3.99. The molecule has 0 aromatic carbocycles. The van der Waals surface area contributed by atoms with Gasteiger partial charge in [-0.1, -0.05) is 0 Å². The second kappa shape index (κ2) is 2.14. The Balaban J connectivity index is 2.32. The minimum absolute atomic E-state index is 0.923. The van der Waals surface area contributed by atoms with E-state index in [1.165, 1.54) is 0 Å². The van der Waals surface area contributed by atoms with Gasteiger partial charge in [-0.15, -0.1) is 0 Å². The SMILES string of the molecule is C[CH](C)[Zr]. The Morgan fingerprint density at radius 1 is 1.50 bits per heavy atom. The van der Waals surface area contributed by atoms with E-state index >= 15 is 0 Å². The first-order valence-corrected chi connectivity index (χ1v) is 2.86. The van der Waals surface area contributed by atoms with Crippen molar-refractivity contribution in [2.75, 3.05) is 0 Å². The molecular weight excluding hydrogens is 127 g/mol. The Hall–Kier alpha value is 0.883. The van der Waals surface area contributed by atoms with Crippen LogP contribution >= 0.6 is 0 Å². The van der Waals surface area contributed by atoms with Gasteiger partial charge in [0, 0.05) is 0 Å². The number of hydrogen-bond acceptors (Lipinski definition) is 0. The Kier molecular flexibility index (Phi) is 2.61. The molecule has 0 fully saturated rings. The summed E-state index contributed by atoms with van der Waals surface area (Å²) in [5, 5.41) is 0. The van der Waals surface area contributed by atoms with Crippen molar-refractivity contribution >= 4 is 0 Å². The van der Waals surface area contributed by atoms with E-state index in [2.05, 4.69) is 13.8 Å². The van der Waals surface area contributed by atoms with Gasteiger partial charge in [-0.05, 0) is 0 Å². The molecular formula is C3H7Zr. The maximum atomic E-state index is 2.21. The third-order valence-corrected chi connectivity index (χ3v) is 0. The Bertz CT molecular complexity index is 8.00. The molecule has 0 aromatic heterocycles. The van der Waals surface area contributed by atoms with Crippen molar-refractivity contribution in [1.82, 2.24) is 0 Å². The zero-order chi connectivity index (χ0) is 3.58. The van der Waals surface area contributed by atoms with Crippen LogP contribution in [-0.2, 0) is 24.7 Å². The molecule has 0 radical (unpaired) electrons. The van der Waals surface area contributed by atoms with Crippen LogP contribution < -0.4 is 0 Å². The summed E-state index contributed by atoms with van der Waals surface area (Å²) in [4.78, 5) is 0. The van der Waals surface area contributed by atoms with Gasteiger partial charge in [-0.2, -0.15) is 0 Å². The van der Waals surface area contributed by atoms with E-state index in [0.717, 1.165) is 3.63 Å². The van der Waals surface area contributed by atoms with E-state index in [4.69, 9.17) is 0 Å². The van der Waals surface area contributed by atoms with Gasteiger partial charge in [-0.3, -0.25) is 0 Å². The normalized spacial score (nSPS) is 8.50. The standard InChI is InChI=1S/C3H7.Zr/c1-3-2;/h3H,1-2H3;. The van der Waals surface area contributed by atoms with Crippen LogP contribution in [0, 0.1) is 0 Å². The third kappa shape index (κ3) is 13.1. The van der Waals surface area contributed by atoms with E-state index in [9.17, 15) is 0 Å². The zero-order valence-electron chi connectivity index (χ0n) is 3.08. The average molecular weight is 134 g/mol. The van der Waals surface area contributed by atoms with Crippen LogP contribution in [0.15, 0.2) is 0 Å². The molecule has 0 nitrogen and oxygen atoms in total. The van der Waals surface area contributed by atoms with Crippen LogP contribution in [0.3, 0.4) is 0 Å². The van der Waals surface area contributed by atoms with E-state index in [1.54, 1.807) is 24.7 Å². The molecule has 0 atom stereocenters. The molecule has 0 aliphatic carbocycles. The molecule has 4 heavy (non-hydrogen) atoms. The predicted octanol–water partition coefficient (Wildman–Crippen LogP) is 1.36. The molecule has 0 amide bonds. The number of rotatable bonds is 0. The van der Waals surface area contributed by atoms with Crippen molar-refractivity contribution in [2.45, 2.75) is 17.5 Å². The molecule has 0 heterocycles. The van der Waals surface area contributed by atoms with Crippen LogP contribution in [0.1, 0.15) is 13.8 Å². The van der Waals surface area contributed by atoms with Gasteiger partial charge in [0.1, 0.15) is 0 Å². The average Bonchev–Trinajstić information content (AvgIpc) is 0.811. The van der Waals surface area contributed by atoms with Crippen molar-refractivity contribution in [2.24, 2.45) is 0 Å². The Labute approximate surface area is 42.4 Å². The van der Waals surface area contributed by atoms with Crippen LogP contribution in [-0.4, -0.2) is 0 Å². The third-order valence-electron chi connectivity index (χ3n) is 0. The summed E-state index contributed by atoms with van der Waals surface area (Å²) in [6, 6.07) is 0. The summed E-state index contributed by atoms with van der Waals surface area (Å²) in [5.41, 5.74) is 0. The topological polar surface area (TPSA) is 0 Å². The molecule has 0 bridgehead atoms. The Morgan fingerprint density at radius 2 is 1.50 bits per heavy atom. The maximum absolute atomic E-state index is 2.21. The van der Waals surface area contributed by atoms with Crippen LogP contribution in [0.2, 0.25) is 3.63 Å². The monoisotopic (exact) mass is 133 g/mol. The second-order valence-electron chi connectivity index (χ2n) is 1.15. The van der Waals surface area contributed by atoms with E-state index in [0.29, 0.717) is 0 Å². The summed E-state index contributed by atoms with van der Waals surface area (Å²) in [7, 11) is 0. The summed E-state index contributed by atoms with van der Waals surface area (Å²) in [6.07, 6.45) is 0. The first-order valence-electron chi connectivity index (χ1n) is 1.44. The van der Waals surface area contributed by atoms with Crippen molar-refractivity contribution in [3.05, 3.63) is 0 Å². The van der Waals surface area contributed by atoms with E-state index in [-0.39, 0.29) is 0 Å². The zero-order valence-corrected chi connectivity index (χ0v) is 5.54. The molecule has 0 rings (SSSR count). The fourth-order valence-corrected chi connectivity index (χ4v) is 0. The Morgan fingerprint density at radius 3 is 1.50 bits per heavy atom. The first kappa shape index (κ1) is 4.88. The van der Waals surface area contributed by atoms with Gasteiger partial charge in [0.2, 0.25) is 0 Å². The van der Waals surface area contributed by atoms with Gasteiger partial charge >= 0.3 is 42.2 Å². The molecule has 0 aliphatic rings. The minimum atomic E-state index is 0.923. The summed E-state index contributed by atoms with van der Waals surface area (Å²) >= 11 is 1.64. The van der Waals surface area contributed by atoms with Gasteiger partial charge in [0.05, 0.1) is 0 Å². The van der Waals surface area contributed by atoms with Gasteiger partial charge < -0.3 is 0 Å². The molecule has 1 heteroatoms. The van der Waals surface area contributed by atoms with Gasteiger partial charge in [-0.25, -0.2) is 0 Å². The van der Waals surface area contributed by atoms with Crippen LogP contribution in [0.5, 0.6) is 0 Å². The summed E-state index contributed by atoms with van der Waals surface area (Å²) in [5.74, 6) is 0. The van der Waals surface area contributed by atoms with Crippen molar-refractivity contribution in [1.29, 1.82) is 0 Å². The molecule has 0 aromatic rings. The van der Waals surface area contributed by atoms with E-state index in [1.807, 2.05) is 0 Å². The molecule has 0 spiro atoms. The molecule has 0 aliphatic heterocycles. The number of hydrogen-bond donors (Lipinski definition) is 0. The van der Waals surface area contributed by atoms with Gasteiger partial charge in [0.25, 0.3) is 0 Å². The van der Waals surface area contributed by atoms with E-state index < -0.39 is 0 Å². The fourth-order valence-electron chi connectivity index (χ4n) is 0. The molecule has 0 N–H and O–H groups in total. The summed E-state index contributed by atoms with van der Waals surface area (Å²) < 4.78 is 0.923. The fraction of sp³-hybridized carbons (Fsp3) is 1.00. The molecule has 0 unspecified atom stereocenters. The van der Waals surface area contributed by atoms with Gasteiger partial charge in [0.15, 0.2) is 0 Å². The van der Waals surface area contributed by atoms with Crippen molar-refractivity contribution in [3.8, 4) is 0 Å². The quantitative estimate of drug-likeness (QED) is 0.469. The molecule has 0 saturated carbocycles. The predicted molar refractivity (Wildman–Crippen MR) is 15.1 cm³/mol. The molecule has 23 valence electrons. The molecule has 0 saturated heterocycles. The van der Waals surface area contributed by atoms with Crippen molar-refractivity contribution < 1.29 is 24.7 Å². The summed E-state index contributed by atoms with van der Waals surface area (Å²) in [6.45, 7) is 4.41. The van der Waals surface area contributed by atoms with Crippen LogP contribution in [0.4, 0.5) is 0 Å².